The third-order valence-corrected chi connectivity index (χ3v) is 4.44. The van der Waals surface area contributed by atoms with Crippen molar-refractivity contribution in [3.63, 3.8) is 0 Å². The zero-order valence-corrected chi connectivity index (χ0v) is 14.1. The molecule has 4 rings (SSSR count). The number of nitrogens with one attached hydrogen (secondary N) is 3. The van der Waals surface area contributed by atoms with Gasteiger partial charge in [-0.25, -0.2) is 4.79 Å². The molecule has 0 spiro atoms. The fraction of sp³-hybridized carbons (Fsp3) is 0.100. The lowest BCUT2D eigenvalue weighted by molar-refractivity contribution is 0.414. The van der Waals surface area contributed by atoms with E-state index in [-0.39, 0.29) is 5.92 Å². The SMILES string of the molecule is COc1ccc(C2C=C(c3ccccc3)Nc3[nH]c(=O)[nH]c(=O)c32)cc1. The van der Waals surface area contributed by atoms with Gasteiger partial charge in [0, 0.05) is 11.6 Å². The van der Waals surface area contributed by atoms with E-state index in [1.165, 1.54) is 0 Å². The molecule has 0 saturated carbocycles. The monoisotopic (exact) mass is 347 g/mol. The first kappa shape index (κ1) is 16.0. The van der Waals surface area contributed by atoms with Crippen LogP contribution in [0.2, 0.25) is 0 Å². The van der Waals surface area contributed by atoms with Crippen LogP contribution < -0.4 is 21.3 Å². The number of rotatable bonds is 3. The maximum absolute atomic E-state index is 12.5. The van der Waals surface area contributed by atoms with Crippen molar-refractivity contribution < 1.29 is 4.74 Å². The molecule has 1 aromatic heterocycles. The number of methoxy groups -OCH3 is 1. The molecule has 6 heteroatoms. The largest absolute Gasteiger partial charge is 0.497 e. The highest BCUT2D eigenvalue weighted by atomic mass is 16.5. The summed E-state index contributed by atoms with van der Waals surface area (Å²) in [7, 11) is 1.61. The second-order valence-electron chi connectivity index (χ2n) is 6.02. The zero-order chi connectivity index (χ0) is 18.1. The van der Waals surface area contributed by atoms with Crippen LogP contribution >= 0.6 is 0 Å². The summed E-state index contributed by atoms with van der Waals surface area (Å²) in [6.45, 7) is 0. The third kappa shape index (κ3) is 2.82. The number of allylic oxidation sites excluding steroid dienone is 1. The van der Waals surface area contributed by atoms with Gasteiger partial charge in [-0.05, 0) is 29.3 Å². The van der Waals surface area contributed by atoms with Gasteiger partial charge >= 0.3 is 5.69 Å². The number of aromatic amines is 2. The summed E-state index contributed by atoms with van der Waals surface area (Å²) in [5, 5.41) is 3.18. The molecule has 1 aliphatic rings. The van der Waals surface area contributed by atoms with Crippen LogP contribution in [0.5, 0.6) is 5.75 Å². The van der Waals surface area contributed by atoms with E-state index in [1.807, 2.05) is 60.7 Å². The molecule has 0 amide bonds. The van der Waals surface area contributed by atoms with Crippen molar-refractivity contribution >= 4 is 11.5 Å². The average molecular weight is 347 g/mol. The quantitative estimate of drug-likeness (QED) is 0.680. The Bertz CT molecular complexity index is 1080. The predicted octanol–water partition coefficient (Wildman–Crippen LogP) is 2.67. The lowest BCUT2D eigenvalue weighted by Crippen LogP contribution is -2.31. The van der Waals surface area contributed by atoms with E-state index >= 15 is 0 Å². The first-order chi connectivity index (χ1) is 12.7. The van der Waals surface area contributed by atoms with Crippen LogP contribution in [0.1, 0.15) is 22.6 Å². The van der Waals surface area contributed by atoms with Crippen LogP contribution in [-0.4, -0.2) is 17.1 Å². The first-order valence-corrected chi connectivity index (χ1v) is 8.20. The van der Waals surface area contributed by atoms with Gasteiger partial charge in [0.1, 0.15) is 11.6 Å². The van der Waals surface area contributed by atoms with Crippen LogP contribution in [0.4, 0.5) is 5.82 Å². The summed E-state index contributed by atoms with van der Waals surface area (Å²) < 4.78 is 5.21. The van der Waals surface area contributed by atoms with Crippen molar-refractivity contribution in [1.82, 2.24) is 9.97 Å². The van der Waals surface area contributed by atoms with Crippen LogP contribution in [0.3, 0.4) is 0 Å². The lowest BCUT2D eigenvalue weighted by Gasteiger charge is -2.25. The smallest absolute Gasteiger partial charge is 0.327 e. The summed E-state index contributed by atoms with van der Waals surface area (Å²) in [6, 6.07) is 17.3. The molecule has 130 valence electrons. The molecule has 0 bridgehead atoms. The van der Waals surface area contributed by atoms with E-state index in [0.29, 0.717) is 11.4 Å². The number of anilines is 1. The Balaban J connectivity index is 1.90. The van der Waals surface area contributed by atoms with Crippen LogP contribution in [0.25, 0.3) is 5.70 Å². The minimum absolute atomic E-state index is 0.298. The van der Waals surface area contributed by atoms with Crippen molar-refractivity contribution in [2.24, 2.45) is 0 Å². The number of hydrogen-bond acceptors (Lipinski definition) is 4. The minimum Gasteiger partial charge on any atom is -0.497 e. The molecule has 2 heterocycles. The summed E-state index contributed by atoms with van der Waals surface area (Å²) in [6.07, 6.45) is 1.99. The van der Waals surface area contributed by atoms with Gasteiger partial charge in [-0.1, -0.05) is 42.5 Å². The van der Waals surface area contributed by atoms with E-state index in [0.717, 1.165) is 22.6 Å². The molecule has 26 heavy (non-hydrogen) atoms. The standard InChI is InChI=1S/C20H17N3O3/c1-26-14-9-7-12(8-10-14)15-11-16(13-5-3-2-4-6-13)21-18-17(15)19(24)23-20(25)22-18/h2-11,15H,1H3,(H3,21,22,23,24,25). The highest BCUT2D eigenvalue weighted by Gasteiger charge is 2.26. The van der Waals surface area contributed by atoms with Crippen molar-refractivity contribution in [2.75, 3.05) is 12.4 Å². The number of H-pyrrole nitrogens is 2. The van der Waals surface area contributed by atoms with Crippen molar-refractivity contribution in [3.05, 3.63) is 98.2 Å². The van der Waals surface area contributed by atoms with Gasteiger partial charge in [0.05, 0.1) is 12.7 Å². The van der Waals surface area contributed by atoms with Crippen LogP contribution in [0, 0.1) is 0 Å². The van der Waals surface area contributed by atoms with E-state index in [2.05, 4.69) is 15.3 Å². The topological polar surface area (TPSA) is 87.0 Å². The molecule has 1 unspecified atom stereocenters. The van der Waals surface area contributed by atoms with Crippen LogP contribution in [-0.2, 0) is 0 Å². The normalized spacial score (nSPS) is 15.6. The Hall–Kier alpha value is -3.54. The molecule has 6 nitrogen and oxygen atoms in total. The summed E-state index contributed by atoms with van der Waals surface area (Å²) in [5.41, 5.74) is 2.27. The highest BCUT2D eigenvalue weighted by Crippen LogP contribution is 2.36. The molecular formula is C20H17N3O3. The fourth-order valence-electron chi connectivity index (χ4n) is 3.18. The van der Waals surface area contributed by atoms with Gasteiger partial charge in [0.25, 0.3) is 5.56 Å². The molecule has 3 aromatic rings. The van der Waals surface area contributed by atoms with Crippen molar-refractivity contribution in [2.45, 2.75) is 5.92 Å². The molecule has 0 saturated heterocycles. The van der Waals surface area contributed by atoms with Crippen LogP contribution in [0.15, 0.2) is 70.3 Å². The van der Waals surface area contributed by atoms with E-state index < -0.39 is 11.2 Å². The number of benzene rings is 2. The number of fused-ring (bicyclic) bond motifs is 1. The van der Waals surface area contributed by atoms with Gasteiger partial charge in [0.2, 0.25) is 0 Å². The molecule has 3 N–H and O–H groups in total. The van der Waals surface area contributed by atoms with E-state index in [4.69, 9.17) is 4.74 Å². The molecule has 1 atom stereocenters. The summed E-state index contributed by atoms with van der Waals surface area (Å²) >= 11 is 0. The molecule has 0 fully saturated rings. The lowest BCUT2D eigenvalue weighted by atomic mass is 9.88. The Kier molecular flexibility index (Phi) is 3.93. The van der Waals surface area contributed by atoms with Gasteiger partial charge in [0.15, 0.2) is 0 Å². The molecule has 0 aliphatic carbocycles. The van der Waals surface area contributed by atoms with Crippen molar-refractivity contribution in [3.8, 4) is 5.75 Å². The van der Waals surface area contributed by atoms with Crippen molar-refractivity contribution in [1.29, 1.82) is 0 Å². The maximum Gasteiger partial charge on any atom is 0.327 e. The number of aromatic nitrogens is 2. The third-order valence-electron chi connectivity index (χ3n) is 4.44. The fourth-order valence-corrected chi connectivity index (χ4v) is 3.18. The maximum atomic E-state index is 12.5. The van der Waals surface area contributed by atoms with Gasteiger partial charge in [-0.2, -0.15) is 0 Å². The Labute approximate surface area is 149 Å². The molecular weight excluding hydrogens is 330 g/mol. The van der Waals surface area contributed by atoms with E-state index in [1.54, 1.807) is 7.11 Å². The Morgan fingerprint density at radius 3 is 2.35 bits per heavy atom. The summed E-state index contributed by atoms with van der Waals surface area (Å²) in [5.74, 6) is 0.861. The second-order valence-corrected chi connectivity index (χ2v) is 6.02. The predicted molar refractivity (Wildman–Crippen MR) is 101 cm³/mol. The first-order valence-electron chi connectivity index (χ1n) is 8.20. The summed E-state index contributed by atoms with van der Waals surface area (Å²) in [4.78, 5) is 29.2. The zero-order valence-electron chi connectivity index (χ0n) is 14.1. The Morgan fingerprint density at radius 2 is 1.65 bits per heavy atom. The minimum atomic E-state index is -0.538. The number of ether oxygens (including phenoxy) is 1. The molecule has 2 aromatic carbocycles. The number of hydrogen-bond donors (Lipinski definition) is 3. The van der Waals surface area contributed by atoms with Gasteiger partial charge < -0.3 is 10.1 Å². The highest BCUT2D eigenvalue weighted by molar-refractivity contribution is 5.81. The van der Waals surface area contributed by atoms with E-state index in [9.17, 15) is 9.59 Å². The van der Waals surface area contributed by atoms with Gasteiger partial charge in [-0.3, -0.25) is 14.8 Å². The molecule has 1 aliphatic heterocycles. The molecule has 0 radical (unpaired) electrons. The Morgan fingerprint density at radius 1 is 0.923 bits per heavy atom. The average Bonchev–Trinajstić information content (AvgIpc) is 2.67. The van der Waals surface area contributed by atoms with Gasteiger partial charge in [-0.15, -0.1) is 0 Å². The second kappa shape index (κ2) is 6.40.